The van der Waals surface area contributed by atoms with Crippen LogP contribution in [0.1, 0.15) is 43.1 Å². The van der Waals surface area contributed by atoms with E-state index in [4.69, 9.17) is 32.4 Å². The summed E-state index contributed by atoms with van der Waals surface area (Å²) >= 11 is 12.5. The number of furan rings is 1. The quantitative estimate of drug-likeness (QED) is 0.208. The predicted octanol–water partition coefficient (Wildman–Crippen LogP) is 4.77. The molecule has 2 aromatic carbocycles. The standard InChI is InChI=1S/C26H27Cl2N3O5/c27-17-4-8-21-16(11-17)13-23(36-21)24(30-34)26(33)29-20(14-31-9-1-2-10-31)25(32)15-3-7-22(19(28)12-15)35-18-5-6-18/h3-4,7-8,11-13,18,20,25,32,34H,1-2,5-6,9-10,14H2,(H,29,33)/b30-24+/t20-,25-/m1/s1. The Kier molecular flexibility index (Phi) is 7.39. The molecule has 1 saturated carbocycles. The highest BCUT2D eigenvalue weighted by Gasteiger charge is 2.30. The number of aliphatic hydroxyl groups is 1. The summed E-state index contributed by atoms with van der Waals surface area (Å²) in [6.45, 7) is 2.16. The summed E-state index contributed by atoms with van der Waals surface area (Å²) in [6, 6.07) is 11.1. The van der Waals surface area contributed by atoms with Crippen molar-refractivity contribution in [3.05, 3.63) is 63.8 Å². The molecular weight excluding hydrogens is 505 g/mol. The second-order valence-electron chi connectivity index (χ2n) is 9.28. The Morgan fingerprint density at radius 1 is 1.17 bits per heavy atom. The van der Waals surface area contributed by atoms with E-state index in [1.54, 1.807) is 42.5 Å². The maximum absolute atomic E-state index is 13.2. The summed E-state index contributed by atoms with van der Waals surface area (Å²) in [5.41, 5.74) is 0.751. The summed E-state index contributed by atoms with van der Waals surface area (Å²) in [6.07, 6.45) is 3.28. The maximum atomic E-state index is 13.2. The number of hydrogen-bond donors (Lipinski definition) is 3. The SMILES string of the molecule is O=C(N[C@H](CN1CCCC1)[C@H](O)c1ccc(OC2CC2)c(Cl)c1)/C(=N/O)c1cc2cc(Cl)ccc2o1. The Hall–Kier alpha value is -2.78. The number of carbonyl (C=O) groups is 1. The van der Waals surface area contributed by atoms with Crippen LogP contribution in [0.15, 0.2) is 52.0 Å². The Morgan fingerprint density at radius 3 is 2.64 bits per heavy atom. The smallest absolute Gasteiger partial charge is 0.277 e. The monoisotopic (exact) mass is 531 g/mol. The lowest BCUT2D eigenvalue weighted by molar-refractivity contribution is -0.116. The van der Waals surface area contributed by atoms with E-state index in [9.17, 15) is 15.1 Å². The molecule has 8 nitrogen and oxygen atoms in total. The molecule has 5 rings (SSSR count). The lowest BCUT2D eigenvalue weighted by Gasteiger charge is -2.29. The van der Waals surface area contributed by atoms with Crippen LogP contribution >= 0.6 is 23.2 Å². The van der Waals surface area contributed by atoms with Gasteiger partial charge in [-0.3, -0.25) is 4.79 Å². The van der Waals surface area contributed by atoms with E-state index < -0.39 is 18.1 Å². The van der Waals surface area contributed by atoms with Crippen molar-refractivity contribution in [2.75, 3.05) is 19.6 Å². The number of carbonyl (C=O) groups excluding carboxylic acids is 1. The minimum absolute atomic E-state index is 0.0892. The van der Waals surface area contributed by atoms with Crippen molar-refractivity contribution in [1.82, 2.24) is 10.2 Å². The average Bonchev–Trinajstić information content (AvgIpc) is 3.34. The van der Waals surface area contributed by atoms with E-state index in [1.807, 2.05) is 0 Å². The molecule has 1 aromatic heterocycles. The van der Waals surface area contributed by atoms with Gasteiger partial charge in [0.25, 0.3) is 5.91 Å². The molecule has 3 aromatic rings. The molecule has 1 aliphatic carbocycles. The fourth-order valence-electron chi connectivity index (χ4n) is 4.44. The summed E-state index contributed by atoms with van der Waals surface area (Å²) < 4.78 is 11.5. The third kappa shape index (κ3) is 5.62. The van der Waals surface area contributed by atoms with E-state index >= 15 is 0 Å². The van der Waals surface area contributed by atoms with Crippen molar-refractivity contribution in [3.63, 3.8) is 0 Å². The van der Waals surface area contributed by atoms with Crippen LogP contribution in [0.5, 0.6) is 5.75 Å². The van der Waals surface area contributed by atoms with Crippen molar-refractivity contribution in [1.29, 1.82) is 0 Å². The first-order chi connectivity index (χ1) is 17.4. The predicted molar refractivity (Wildman–Crippen MR) is 137 cm³/mol. The van der Waals surface area contributed by atoms with Gasteiger partial charge < -0.3 is 29.7 Å². The molecule has 2 fully saturated rings. The van der Waals surface area contributed by atoms with Gasteiger partial charge in [0, 0.05) is 17.0 Å². The summed E-state index contributed by atoms with van der Waals surface area (Å²) in [5.74, 6) is -0.00748. The second-order valence-corrected chi connectivity index (χ2v) is 10.1. The number of halogens is 2. The number of aliphatic hydroxyl groups excluding tert-OH is 1. The van der Waals surface area contributed by atoms with Crippen LogP contribution in [0.2, 0.25) is 10.0 Å². The molecule has 10 heteroatoms. The lowest BCUT2D eigenvalue weighted by atomic mass is 10.0. The van der Waals surface area contributed by atoms with Crippen LogP contribution in [-0.2, 0) is 4.79 Å². The van der Waals surface area contributed by atoms with E-state index in [-0.39, 0.29) is 17.6 Å². The van der Waals surface area contributed by atoms with Gasteiger partial charge in [0.2, 0.25) is 5.71 Å². The number of amides is 1. The molecule has 0 spiro atoms. The number of hydrogen-bond acceptors (Lipinski definition) is 7. The van der Waals surface area contributed by atoms with Crippen LogP contribution in [0, 0.1) is 0 Å². The topological polar surface area (TPSA) is 108 Å². The molecule has 36 heavy (non-hydrogen) atoms. The number of ether oxygens (including phenoxy) is 1. The number of oxime groups is 1. The van der Waals surface area contributed by atoms with E-state index in [0.29, 0.717) is 38.9 Å². The first kappa shape index (κ1) is 24.9. The number of benzene rings is 2. The molecule has 1 aliphatic heterocycles. The van der Waals surface area contributed by atoms with Gasteiger partial charge in [-0.25, -0.2) is 0 Å². The first-order valence-electron chi connectivity index (χ1n) is 12.0. The van der Waals surface area contributed by atoms with E-state index in [0.717, 1.165) is 38.8 Å². The Morgan fingerprint density at radius 2 is 1.94 bits per heavy atom. The highest BCUT2D eigenvalue weighted by Crippen LogP contribution is 2.34. The zero-order chi connectivity index (χ0) is 25.2. The molecular formula is C26H27Cl2N3O5. The first-order valence-corrected chi connectivity index (χ1v) is 12.8. The van der Waals surface area contributed by atoms with Gasteiger partial charge >= 0.3 is 0 Å². The number of nitrogens with one attached hydrogen (secondary N) is 1. The summed E-state index contributed by atoms with van der Waals surface area (Å²) in [4.78, 5) is 15.4. The second kappa shape index (κ2) is 10.7. The van der Waals surface area contributed by atoms with Crippen LogP contribution in [0.3, 0.4) is 0 Å². The Bertz CT molecular complexity index is 1280. The molecule has 2 atom stereocenters. The number of fused-ring (bicyclic) bond motifs is 1. The van der Waals surface area contributed by atoms with Gasteiger partial charge in [-0.05, 0) is 80.7 Å². The minimum atomic E-state index is -1.06. The average molecular weight is 532 g/mol. The zero-order valence-electron chi connectivity index (χ0n) is 19.5. The van der Waals surface area contributed by atoms with Gasteiger partial charge in [-0.1, -0.05) is 34.4 Å². The summed E-state index contributed by atoms with van der Waals surface area (Å²) in [7, 11) is 0. The Balaban J connectivity index is 1.37. The fraction of sp³-hybridized carbons (Fsp3) is 0.385. The third-order valence-corrected chi connectivity index (χ3v) is 7.02. The van der Waals surface area contributed by atoms with Crippen molar-refractivity contribution in [3.8, 4) is 5.75 Å². The van der Waals surface area contributed by atoms with Gasteiger partial charge in [0.15, 0.2) is 5.76 Å². The molecule has 0 unspecified atom stereocenters. The lowest BCUT2D eigenvalue weighted by Crippen LogP contribution is -2.48. The van der Waals surface area contributed by atoms with Crippen molar-refractivity contribution in [2.24, 2.45) is 5.16 Å². The molecule has 190 valence electrons. The largest absolute Gasteiger partial charge is 0.489 e. The normalized spacial score (nSPS) is 18.4. The van der Waals surface area contributed by atoms with E-state index in [2.05, 4.69) is 15.4 Å². The van der Waals surface area contributed by atoms with Crippen LogP contribution in [0.25, 0.3) is 11.0 Å². The fourth-order valence-corrected chi connectivity index (χ4v) is 4.85. The Labute approximate surface area is 218 Å². The zero-order valence-corrected chi connectivity index (χ0v) is 21.0. The molecule has 0 radical (unpaired) electrons. The summed E-state index contributed by atoms with van der Waals surface area (Å²) in [5, 5.41) is 28.6. The molecule has 0 bridgehead atoms. The van der Waals surface area contributed by atoms with Crippen molar-refractivity contribution < 1.29 is 24.3 Å². The highest BCUT2D eigenvalue weighted by molar-refractivity contribution is 6.44. The molecule has 1 saturated heterocycles. The third-order valence-electron chi connectivity index (χ3n) is 6.49. The molecule has 2 heterocycles. The van der Waals surface area contributed by atoms with Crippen LogP contribution < -0.4 is 10.1 Å². The number of likely N-dealkylation sites (tertiary alicyclic amines) is 1. The van der Waals surface area contributed by atoms with Crippen LogP contribution in [-0.4, -0.2) is 58.6 Å². The van der Waals surface area contributed by atoms with E-state index in [1.165, 1.54) is 0 Å². The number of nitrogens with zero attached hydrogens (tertiary/aromatic N) is 2. The van der Waals surface area contributed by atoms with Crippen LogP contribution in [0.4, 0.5) is 0 Å². The molecule has 2 aliphatic rings. The maximum Gasteiger partial charge on any atom is 0.277 e. The van der Waals surface area contributed by atoms with Gasteiger partial charge in [0.1, 0.15) is 17.4 Å². The van der Waals surface area contributed by atoms with Crippen molar-refractivity contribution in [2.45, 2.75) is 43.9 Å². The highest BCUT2D eigenvalue weighted by atomic mass is 35.5. The number of rotatable bonds is 9. The molecule has 3 N–H and O–H groups in total. The van der Waals surface area contributed by atoms with Gasteiger partial charge in [0.05, 0.1) is 17.2 Å². The minimum Gasteiger partial charge on any atom is -0.489 e. The van der Waals surface area contributed by atoms with Crippen molar-refractivity contribution >= 4 is 45.8 Å². The van der Waals surface area contributed by atoms with Gasteiger partial charge in [-0.15, -0.1) is 0 Å². The van der Waals surface area contributed by atoms with Gasteiger partial charge in [-0.2, -0.15) is 0 Å². The molecule has 1 amide bonds.